The Morgan fingerprint density at radius 3 is 2.36 bits per heavy atom. The summed E-state index contributed by atoms with van der Waals surface area (Å²) in [5.74, 6) is -1.56. The predicted molar refractivity (Wildman–Crippen MR) is 112 cm³/mol. The maximum atomic E-state index is 12.9. The molecule has 0 radical (unpaired) electrons. The predicted octanol–water partition coefficient (Wildman–Crippen LogP) is 3.39. The summed E-state index contributed by atoms with van der Waals surface area (Å²) in [5.41, 5.74) is -1.24. The lowest BCUT2D eigenvalue weighted by molar-refractivity contribution is -0.153. The summed E-state index contributed by atoms with van der Waals surface area (Å²) in [4.78, 5) is 36.9. The molecule has 2 rings (SSSR count). The van der Waals surface area contributed by atoms with Gasteiger partial charge < -0.3 is 24.4 Å². The number of nitrogens with one attached hydrogen (secondary N) is 1. The van der Waals surface area contributed by atoms with E-state index < -0.39 is 54.3 Å². The number of anilines is 1. The first-order valence-electron chi connectivity index (χ1n) is 9.33. The highest BCUT2D eigenvalue weighted by atomic mass is 35.5. The van der Waals surface area contributed by atoms with E-state index in [1.165, 1.54) is 20.2 Å². The van der Waals surface area contributed by atoms with Gasteiger partial charge in [0, 0.05) is 12.7 Å². The number of likely N-dealkylation sites (N-methyl/N-ethyl adjacent to an activating group) is 1. The SMILES string of the molecule is COc1ccccc1OCC(=O)OCC(=O)N(C)CC(=O)Nc1ccc(Cl)c(C(F)(F)F)c1. The molecule has 0 fully saturated rings. The van der Waals surface area contributed by atoms with Gasteiger partial charge in [-0.1, -0.05) is 23.7 Å². The van der Waals surface area contributed by atoms with Crippen molar-refractivity contribution in [2.24, 2.45) is 0 Å². The smallest absolute Gasteiger partial charge is 0.417 e. The molecule has 0 aliphatic carbocycles. The third-order valence-corrected chi connectivity index (χ3v) is 4.46. The van der Waals surface area contributed by atoms with Crippen LogP contribution in [-0.4, -0.2) is 56.6 Å². The number of benzene rings is 2. The van der Waals surface area contributed by atoms with Crippen LogP contribution in [-0.2, 0) is 25.3 Å². The molecule has 33 heavy (non-hydrogen) atoms. The van der Waals surface area contributed by atoms with Crippen molar-refractivity contribution >= 4 is 35.1 Å². The molecule has 0 saturated carbocycles. The van der Waals surface area contributed by atoms with Crippen LogP contribution in [0.3, 0.4) is 0 Å². The summed E-state index contributed by atoms with van der Waals surface area (Å²) in [6, 6.07) is 9.51. The first kappa shape index (κ1) is 25.8. The molecular weight excluding hydrogens is 469 g/mol. The van der Waals surface area contributed by atoms with E-state index >= 15 is 0 Å². The molecule has 12 heteroatoms. The second-order valence-corrected chi connectivity index (χ2v) is 7.00. The van der Waals surface area contributed by atoms with Gasteiger partial charge in [0.2, 0.25) is 5.91 Å². The summed E-state index contributed by atoms with van der Waals surface area (Å²) in [6.45, 7) is -1.62. The van der Waals surface area contributed by atoms with Gasteiger partial charge in [-0.3, -0.25) is 9.59 Å². The first-order valence-corrected chi connectivity index (χ1v) is 9.71. The number of hydrogen-bond acceptors (Lipinski definition) is 6. The van der Waals surface area contributed by atoms with Crippen molar-refractivity contribution in [2.75, 3.05) is 39.2 Å². The molecule has 1 N–H and O–H groups in total. The quantitative estimate of drug-likeness (QED) is 0.544. The molecule has 0 aromatic heterocycles. The largest absolute Gasteiger partial charge is 0.493 e. The lowest BCUT2D eigenvalue weighted by Gasteiger charge is -2.17. The Kier molecular flexibility index (Phi) is 8.92. The fourth-order valence-corrected chi connectivity index (χ4v) is 2.72. The minimum absolute atomic E-state index is 0.141. The number of para-hydroxylation sites is 2. The van der Waals surface area contributed by atoms with Gasteiger partial charge in [0.1, 0.15) is 0 Å². The number of ether oxygens (including phenoxy) is 3. The van der Waals surface area contributed by atoms with Crippen LogP contribution >= 0.6 is 11.6 Å². The van der Waals surface area contributed by atoms with Gasteiger partial charge in [-0.05, 0) is 30.3 Å². The Morgan fingerprint density at radius 2 is 1.73 bits per heavy atom. The average molecular weight is 489 g/mol. The van der Waals surface area contributed by atoms with Crippen molar-refractivity contribution in [1.82, 2.24) is 4.90 Å². The van der Waals surface area contributed by atoms with Crippen LogP contribution in [0.2, 0.25) is 5.02 Å². The molecule has 8 nitrogen and oxygen atoms in total. The Hall–Kier alpha value is -3.47. The minimum Gasteiger partial charge on any atom is -0.493 e. The molecule has 2 aromatic rings. The van der Waals surface area contributed by atoms with E-state index in [1.54, 1.807) is 24.3 Å². The van der Waals surface area contributed by atoms with Crippen LogP contribution in [0.5, 0.6) is 11.5 Å². The number of rotatable bonds is 9. The summed E-state index contributed by atoms with van der Waals surface area (Å²) in [5, 5.41) is 1.74. The highest BCUT2D eigenvalue weighted by molar-refractivity contribution is 6.31. The van der Waals surface area contributed by atoms with E-state index in [0.29, 0.717) is 17.6 Å². The number of alkyl halides is 3. The molecule has 2 aromatic carbocycles. The fourth-order valence-electron chi connectivity index (χ4n) is 2.49. The Balaban J connectivity index is 1.80. The summed E-state index contributed by atoms with van der Waals surface area (Å²) >= 11 is 5.53. The van der Waals surface area contributed by atoms with Crippen molar-refractivity contribution < 1.29 is 41.8 Å². The summed E-state index contributed by atoms with van der Waals surface area (Å²) in [7, 11) is 2.71. The zero-order chi connectivity index (χ0) is 24.6. The topological polar surface area (TPSA) is 94.2 Å². The van der Waals surface area contributed by atoms with Crippen LogP contribution in [0.4, 0.5) is 18.9 Å². The van der Waals surface area contributed by atoms with Crippen molar-refractivity contribution in [3.63, 3.8) is 0 Å². The number of methoxy groups -OCH3 is 1. The average Bonchev–Trinajstić information content (AvgIpc) is 2.76. The number of esters is 1. The Labute approximate surface area is 192 Å². The molecule has 178 valence electrons. The van der Waals surface area contributed by atoms with Gasteiger partial charge in [-0.2, -0.15) is 13.2 Å². The lowest BCUT2D eigenvalue weighted by Crippen LogP contribution is -2.37. The van der Waals surface area contributed by atoms with E-state index in [1.807, 2.05) is 0 Å². The van der Waals surface area contributed by atoms with Gasteiger partial charge in [-0.15, -0.1) is 0 Å². The standard InChI is InChI=1S/C21H20ClF3N2O6/c1-27(10-18(28)26-13-7-8-15(22)14(9-13)21(23,24)25)19(29)11-33-20(30)12-32-17-6-4-3-5-16(17)31-2/h3-9H,10-12H2,1-2H3,(H,26,28). The molecular formula is C21H20ClF3N2O6. The number of halogens is 4. The van der Waals surface area contributed by atoms with E-state index in [0.717, 1.165) is 11.0 Å². The highest BCUT2D eigenvalue weighted by Crippen LogP contribution is 2.36. The third-order valence-electron chi connectivity index (χ3n) is 4.13. The van der Waals surface area contributed by atoms with Crippen molar-refractivity contribution in [1.29, 1.82) is 0 Å². The summed E-state index contributed by atoms with van der Waals surface area (Å²) in [6.07, 6.45) is -4.69. The normalized spacial score (nSPS) is 10.8. The third kappa shape index (κ3) is 7.86. The molecule has 0 atom stereocenters. The van der Waals surface area contributed by atoms with E-state index in [4.69, 9.17) is 25.8 Å². The molecule has 0 aliphatic heterocycles. The van der Waals surface area contributed by atoms with Crippen molar-refractivity contribution in [3.05, 3.63) is 53.1 Å². The van der Waals surface area contributed by atoms with E-state index in [2.05, 4.69) is 5.32 Å². The molecule has 0 aliphatic rings. The zero-order valence-electron chi connectivity index (χ0n) is 17.6. The van der Waals surface area contributed by atoms with Crippen LogP contribution < -0.4 is 14.8 Å². The first-order chi connectivity index (χ1) is 15.5. The van der Waals surface area contributed by atoms with Crippen LogP contribution in [0.25, 0.3) is 0 Å². The maximum absolute atomic E-state index is 12.9. The second-order valence-electron chi connectivity index (χ2n) is 6.59. The highest BCUT2D eigenvalue weighted by Gasteiger charge is 2.33. The van der Waals surface area contributed by atoms with E-state index in [9.17, 15) is 27.6 Å². The Morgan fingerprint density at radius 1 is 1.06 bits per heavy atom. The van der Waals surface area contributed by atoms with Crippen molar-refractivity contribution in [3.8, 4) is 11.5 Å². The molecule has 2 amide bonds. The molecule has 0 saturated heterocycles. The van der Waals surface area contributed by atoms with Gasteiger partial charge in [0.05, 0.1) is 24.2 Å². The number of hydrogen-bond donors (Lipinski definition) is 1. The summed E-state index contributed by atoms with van der Waals surface area (Å²) < 4.78 is 53.9. The number of carbonyl (C=O) groups is 3. The van der Waals surface area contributed by atoms with Crippen molar-refractivity contribution in [2.45, 2.75) is 6.18 Å². The number of nitrogens with zero attached hydrogens (tertiary/aromatic N) is 1. The van der Waals surface area contributed by atoms with Gasteiger partial charge in [-0.25, -0.2) is 4.79 Å². The molecule has 0 heterocycles. The zero-order valence-corrected chi connectivity index (χ0v) is 18.3. The monoisotopic (exact) mass is 488 g/mol. The van der Waals surface area contributed by atoms with Gasteiger partial charge in [0.15, 0.2) is 24.7 Å². The Bertz CT molecular complexity index is 1020. The molecule has 0 unspecified atom stereocenters. The van der Waals surface area contributed by atoms with Crippen LogP contribution in [0.15, 0.2) is 42.5 Å². The lowest BCUT2D eigenvalue weighted by atomic mass is 10.2. The van der Waals surface area contributed by atoms with Crippen LogP contribution in [0, 0.1) is 0 Å². The van der Waals surface area contributed by atoms with Gasteiger partial charge >= 0.3 is 12.1 Å². The minimum atomic E-state index is -4.69. The van der Waals surface area contributed by atoms with Gasteiger partial charge in [0.25, 0.3) is 5.91 Å². The van der Waals surface area contributed by atoms with E-state index in [-0.39, 0.29) is 5.69 Å². The second kappa shape index (κ2) is 11.4. The molecule has 0 bridgehead atoms. The number of amides is 2. The maximum Gasteiger partial charge on any atom is 0.417 e. The fraction of sp³-hybridized carbons (Fsp3) is 0.286. The molecule has 0 spiro atoms. The number of carbonyl (C=O) groups excluding carboxylic acids is 3. The van der Waals surface area contributed by atoms with Crippen LogP contribution in [0.1, 0.15) is 5.56 Å².